The monoisotopic (exact) mass is 318 g/mol. The van der Waals surface area contributed by atoms with Gasteiger partial charge in [-0.1, -0.05) is 32.9 Å². The Morgan fingerprint density at radius 2 is 1.91 bits per heavy atom. The van der Waals surface area contributed by atoms with Crippen molar-refractivity contribution in [2.75, 3.05) is 0 Å². The molecular weight excluding hydrogens is 288 g/mol. The number of aliphatic hydroxyl groups is 1. The fourth-order valence-corrected chi connectivity index (χ4v) is 5.66. The van der Waals surface area contributed by atoms with Gasteiger partial charge in [0.15, 0.2) is 5.78 Å². The van der Waals surface area contributed by atoms with Crippen LogP contribution in [-0.4, -0.2) is 28.2 Å². The van der Waals surface area contributed by atoms with Crippen molar-refractivity contribution < 1.29 is 14.6 Å². The molecule has 0 aromatic carbocycles. The summed E-state index contributed by atoms with van der Waals surface area (Å²) in [7, 11) is 0. The fraction of sp³-hybridized carbons (Fsp3) is 0.750. The lowest BCUT2D eigenvalue weighted by atomic mass is 9.46. The summed E-state index contributed by atoms with van der Waals surface area (Å²) < 4.78 is 6.45. The highest BCUT2D eigenvalue weighted by Crippen LogP contribution is 2.63. The molecule has 0 radical (unpaired) electrons. The second kappa shape index (κ2) is 4.80. The standard InChI is InChI=1S/C20H30O3/c1-7-19(5)16(22)12-14-18(4)10-9-15(21)17(2,3)13(18)8-11-20(14,6)23-19/h7,9-10,13-14,16,22H,1,8,11-12H2,2-6H3. The molecule has 0 aromatic heterocycles. The third-order valence-electron chi connectivity index (χ3n) is 7.25. The van der Waals surface area contributed by atoms with E-state index in [1.165, 1.54) is 0 Å². The predicted octanol–water partition coefficient (Wildman–Crippen LogP) is 3.67. The van der Waals surface area contributed by atoms with Gasteiger partial charge < -0.3 is 9.84 Å². The van der Waals surface area contributed by atoms with Crippen LogP contribution in [0.2, 0.25) is 0 Å². The Morgan fingerprint density at radius 1 is 1.26 bits per heavy atom. The third kappa shape index (κ3) is 2.12. The number of aliphatic hydroxyl groups excluding tert-OH is 1. The molecule has 6 atom stereocenters. The Bertz CT molecular complexity index is 577. The van der Waals surface area contributed by atoms with E-state index in [9.17, 15) is 9.90 Å². The summed E-state index contributed by atoms with van der Waals surface area (Å²) in [5.74, 6) is 0.701. The van der Waals surface area contributed by atoms with Crippen molar-refractivity contribution in [3.63, 3.8) is 0 Å². The van der Waals surface area contributed by atoms with Crippen LogP contribution >= 0.6 is 0 Å². The van der Waals surface area contributed by atoms with Crippen LogP contribution in [-0.2, 0) is 9.53 Å². The van der Waals surface area contributed by atoms with Gasteiger partial charge in [0.25, 0.3) is 0 Å². The van der Waals surface area contributed by atoms with E-state index in [-0.39, 0.29) is 34.1 Å². The van der Waals surface area contributed by atoms with E-state index in [2.05, 4.69) is 40.3 Å². The highest BCUT2D eigenvalue weighted by Gasteiger charge is 2.63. The topological polar surface area (TPSA) is 46.5 Å². The summed E-state index contributed by atoms with van der Waals surface area (Å²) in [5.41, 5.74) is -1.48. The molecule has 0 bridgehead atoms. The number of fused-ring (bicyclic) bond motifs is 3. The molecule has 1 heterocycles. The van der Waals surface area contributed by atoms with Gasteiger partial charge in [0, 0.05) is 5.41 Å². The zero-order chi connectivity index (χ0) is 17.3. The van der Waals surface area contributed by atoms with Crippen molar-refractivity contribution >= 4 is 5.78 Å². The van der Waals surface area contributed by atoms with Gasteiger partial charge in [0.05, 0.1) is 11.7 Å². The first-order chi connectivity index (χ1) is 10.5. The van der Waals surface area contributed by atoms with Crippen molar-refractivity contribution in [3.8, 4) is 0 Å². The summed E-state index contributed by atoms with van der Waals surface area (Å²) in [6.07, 6.45) is 7.59. The normalized spacial score (nSPS) is 51.7. The van der Waals surface area contributed by atoms with E-state index < -0.39 is 11.7 Å². The zero-order valence-electron chi connectivity index (χ0n) is 15.1. The number of allylic oxidation sites excluding steroid dienone is 2. The largest absolute Gasteiger partial charge is 0.390 e. The molecule has 2 fully saturated rings. The van der Waals surface area contributed by atoms with Gasteiger partial charge in [-0.05, 0) is 56.4 Å². The predicted molar refractivity (Wildman–Crippen MR) is 91.0 cm³/mol. The molecule has 0 amide bonds. The summed E-state index contributed by atoms with van der Waals surface area (Å²) in [6.45, 7) is 14.3. The van der Waals surface area contributed by atoms with Crippen molar-refractivity contribution in [2.45, 2.75) is 71.2 Å². The molecule has 128 valence electrons. The molecule has 1 aliphatic heterocycles. The van der Waals surface area contributed by atoms with Gasteiger partial charge in [0.2, 0.25) is 0 Å². The van der Waals surface area contributed by atoms with E-state index in [1.54, 1.807) is 12.2 Å². The Morgan fingerprint density at radius 3 is 2.52 bits per heavy atom. The summed E-state index contributed by atoms with van der Waals surface area (Å²) >= 11 is 0. The van der Waals surface area contributed by atoms with Crippen LogP contribution in [0.3, 0.4) is 0 Å². The average molecular weight is 318 g/mol. The molecule has 1 saturated heterocycles. The fourth-order valence-electron chi connectivity index (χ4n) is 5.66. The van der Waals surface area contributed by atoms with Crippen molar-refractivity contribution in [2.24, 2.45) is 22.7 Å². The minimum Gasteiger partial charge on any atom is -0.390 e. The molecule has 23 heavy (non-hydrogen) atoms. The van der Waals surface area contributed by atoms with E-state index >= 15 is 0 Å². The van der Waals surface area contributed by atoms with E-state index in [4.69, 9.17) is 4.74 Å². The third-order valence-corrected chi connectivity index (χ3v) is 7.25. The van der Waals surface area contributed by atoms with Gasteiger partial charge >= 0.3 is 0 Å². The minimum atomic E-state index is -0.696. The molecule has 3 rings (SSSR count). The van der Waals surface area contributed by atoms with Gasteiger partial charge in [0.1, 0.15) is 5.60 Å². The molecule has 3 aliphatic rings. The molecule has 6 unspecified atom stereocenters. The van der Waals surface area contributed by atoms with Crippen LogP contribution in [0.4, 0.5) is 0 Å². The van der Waals surface area contributed by atoms with Crippen molar-refractivity contribution in [1.82, 2.24) is 0 Å². The lowest BCUT2D eigenvalue weighted by Crippen LogP contribution is -2.65. The number of ketones is 1. The number of ether oxygens (including phenoxy) is 1. The smallest absolute Gasteiger partial charge is 0.161 e. The van der Waals surface area contributed by atoms with Crippen molar-refractivity contribution in [3.05, 3.63) is 24.8 Å². The first-order valence-corrected chi connectivity index (χ1v) is 8.75. The van der Waals surface area contributed by atoms with E-state index in [0.717, 1.165) is 12.8 Å². The Balaban J connectivity index is 2.06. The molecule has 2 aliphatic carbocycles. The maximum absolute atomic E-state index is 12.4. The SMILES string of the molecule is C=CC1(C)OC2(C)CCC3C(C)(C)C(=O)C=CC3(C)C2CC1O. The van der Waals surface area contributed by atoms with Gasteiger partial charge in [-0.3, -0.25) is 4.79 Å². The molecular formula is C20H30O3. The van der Waals surface area contributed by atoms with Crippen LogP contribution in [0.1, 0.15) is 53.9 Å². The van der Waals surface area contributed by atoms with Crippen LogP contribution in [0.5, 0.6) is 0 Å². The van der Waals surface area contributed by atoms with Crippen LogP contribution < -0.4 is 0 Å². The van der Waals surface area contributed by atoms with E-state index in [0.29, 0.717) is 6.42 Å². The summed E-state index contributed by atoms with van der Waals surface area (Å²) in [6, 6.07) is 0. The van der Waals surface area contributed by atoms with Gasteiger partial charge in [-0.25, -0.2) is 0 Å². The van der Waals surface area contributed by atoms with Crippen LogP contribution in [0, 0.1) is 22.7 Å². The Kier molecular flexibility index (Phi) is 3.53. The second-order valence-electron chi connectivity index (χ2n) is 8.98. The highest BCUT2D eigenvalue weighted by molar-refractivity contribution is 5.95. The first-order valence-electron chi connectivity index (χ1n) is 8.75. The number of carbonyl (C=O) groups excluding carboxylic acids is 1. The molecule has 0 aromatic rings. The van der Waals surface area contributed by atoms with Crippen LogP contribution in [0.15, 0.2) is 24.8 Å². The molecule has 1 N–H and O–H groups in total. The van der Waals surface area contributed by atoms with E-state index in [1.807, 2.05) is 6.92 Å². The highest BCUT2D eigenvalue weighted by atomic mass is 16.5. The molecule has 3 heteroatoms. The summed E-state index contributed by atoms with van der Waals surface area (Å²) in [5, 5.41) is 10.7. The van der Waals surface area contributed by atoms with Gasteiger partial charge in [-0.2, -0.15) is 0 Å². The lowest BCUT2D eigenvalue weighted by molar-refractivity contribution is -0.268. The Labute approximate surface area is 139 Å². The number of carbonyl (C=O) groups is 1. The minimum absolute atomic E-state index is 0.131. The molecule has 0 spiro atoms. The number of rotatable bonds is 1. The first kappa shape index (κ1) is 16.9. The molecule has 3 nitrogen and oxygen atoms in total. The second-order valence-corrected chi connectivity index (χ2v) is 8.98. The van der Waals surface area contributed by atoms with Gasteiger partial charge in [-0.15, -0.1) is 6.58 Å². The number of hydrogen-bond donors (Lipinski definition) is 1. The maximum Gasteiger partial charge on any atom is 0.161 e. The molecule has 1 saturated carbocycles. The lowest BCUT2D eigenvalue weighted by Gasteiger charge is -2.63. The zero-order valence-corrected chi connectivity index (χ0v) is 15.1. The summed E-state index contributed by atoms with van der Waals surface area (Å²) in [4.78, 5) is 12.4. The quantitative estimate of drug-likeness (QED) is 0.750. The maximum atomic E-state index is 12.4. The number of hydrogen-bond acceptors (Lipinski definition) is 3. The average Bonchev–Trinajstić information content (AvgIpc) is 2.46. The Hall–Kier alpha value is -0.930. The van der Waals surface area contributed by atoms with Crippen molar-refractivity contribution in [1.29, 1.82) is 0 Å². The van der Waals surface area contributed by atoms with Crippen LogP contribution in [0.25, 0.3) is 0 Å².